The van der Waals surface area contributed by atoms with Crippen LogP contribution in [0.25, 0.3) is 10.9 Å². The summed E-state index contributed by atoms with van der Waals surface area (Å²) in [5.74, 6) is 0.179. The van der Waals surface area contributed by atoms with Gasteiger partial charge in [-0.3, -0.25) is 14.4 Å². The number of fused-ring (bicyclic) bond motifs is 1. The van der Waals surface area contributed by atoms with Gasteiger partial charge in [0.2, 0.25) is 17.7 Å². The van der Waals surface area contributed by atoms with Crippen molar-refractivity contribution in [3.05, 3.63) is 71.9 Å². The second-order valence-electron chi connectivity index (χ2n) is 10.1. The quantitative estimate of drug-likeness (QED) is 0.512. The molecule has 2 atom stereocenters. The molecule has 1 saturated carbocycles. The number of hydrogen-bond donors (Lipinski definition) is 2. The van der Waals surface area contributed by atoms with Gasteiger partial charge in [0.15, 0.2) is 0 Å². The predicted molar refractivity (Wildman–Crippen MR) is 139 cm³/mol. The lowest BCUT2D eigenvalue weighted by Crippen LogP contribution is -2.59. The van der Waals surface area contributed by atoms with Crippen LogP contribution in [0.1, 0.15) is 37.3 Å². The summed E-state index contributed by atoms with van der Waals surface area (Å²) in [4.78, 5) is 46.3. The monoisotopic (exact) mass is 486 g/mol. The van der Waals surface area contributed by atoms with Crippen LogP contribution in [0.4, 0.5) is 0 Å². The molecular formula is C29H34N4O3. The first kappa shape index (κ1) is 24.1. The predicted octanol–water partition coefficient (Wildman–Crippen LogP) is 3.30. The standard InChI is InChI=1S/C29H34N4O3/c1-20-19-32(15-16-33(20)28(35)22-12-13-22)29(36)26(17-23-18-30-25-10-6-5-9-24(23)25)31-27(34)14-11-21-7-3-2-4-8-21/h2-10,18,20,22,26,30H,11-17,19H2,1H3,(H,31,34). The van der Waals surface area contributed by atoms with Gasteiger partial charge in [-0.1, -0.05) is 48.5 Å². The number of carbonyl (C=O) groups excluding carboxylic acids is 3. The molecule has 0 spiro atoms. The molecule has 7 nitrogen and oxygen atoms in total. The minimum atomic E-state index is -0.662. The highest BCUT2D eigenvalue weighted by Gasteiger charge is 2.39. The van der Waals surface area contributed by atoms with E-state index in [9.17, 15) is 14.4 Å². The third-order valence-corrected chi connectivity index (χ3v) is 7.36. The molecule has 3 aromatic rings. The topological polar surface area (TPSA) is 85.5 Å². The lowest BCUT2D eigenvalue weighted by Gasteiger charge is -2.41. The maximum atomic E-state index is 13.7. The summed E-state index contributed by atoms with van der Waals surface area (Å²) >= 11 is 0. The number of hydrogen-bond acceptors (Lipinski definition) is 3. The van der Waals surface area contributed by atoms with E-state index in [1.807, 2.05) is 77.5 Å². The molecule has 7 heteroatoms. The number of carbonyl (C=O) groups is 3. The molecule has 0 radical (unpaired) electrons. The minimum absolute atomic E-state index is 0.0293. The van der Waals surface area contributed by atoms with Gasteiger partial charge in [0.1, 0.15) is 6.04 Å². The Bertz CT molecular complexity index is 1230. The van der Waals surface area contributed by atoms with Crippen molar-refractivity contribution in [3.63, 3.8) is 0 Å². The molecule has 5 rings (SSSR count). The van der Waals surface area contributed by atoms with Crippen LogP contribution in [-0.4, -0.2) is 64.2 Å². The van der Waals surface area contributed by atoms with E-state index < -0.39 is 6.04 Å². The van der Waals surface area contributed by atoms with Crippen LogP contribution in [0.3, 0.4) is 0 Å². The Kier molecular flexibility index (Phi) is 7.07. The Labute approximate surface area is 211 Å². The van der Waals surface area contributed by atoms with Crippen LogP contribution in [0.15, 0.2) is 60.8 Å². The number of aryl methyl sites for hydroxylation is 1. The third kappa shape index (κ3) is 5.45. The fourth-order valence-electron chi connectivity index (χ4n) is 5.16. The van der Waals surface area contributed by atoms with E-state index in [1.165, 1.54) is 0 Å². The van der Waals surface area contributed by atoms with Gasteiger partial charge in [-0.2, -0.15) is 0 Å². The lowest BCUT2D eigenvalue weighted by atomic mass is 10.0. The summed E-state index contributed by atoms with van der Waals surface area (Å²) in [6, 6.07) is 17.2. The van der Waals surface area contributed by atoms with E-state index in [0.29, 0.717) is 38.9 Å². The highest BCUT2D eigenvalue weighted by Crippen LogP contribution is 2.32. The van der Waals surface area contributed by atoms with E-state index in [4.69, 9.17) is 0 Å². The Hall–Kier alpha value is -3.61. The SMILES string of the molecule is CC1CN(C(=O)C(Cc2c[nH]c3ccccc23)NC(=O)CCc2ccccc2)CCN1C(=O)C1CC1. The first-order chi connectivity index (χ1) is 17.5. The number of nitrogens with one attached hydrogen (secondary N) is 2. The van der Waals surface area contributed by atoms with Crippen LogP contribution in [0, 0.1) is 5.92 Å². The highest BCUT2D eigenvalue weighted by atomic mass is 16.2. The number of rotatable bonds is 8. The van der Waals surface area contributed by atoms with Gasteiger partial charge < -0.3 is 20.1 Å². The molecule has 2 aromatic carbocycles. The molecule has 188 valence electrons. The molecule has 1 aromatic heterocycles. The van der Waals surface area contributed by atoms with Gasteiger partial charge in [-0.05, 0) is 43.4 Å². The number of H-pyrrole nitrogens is 1. The summed E-state index contributed by atoms with van der Waals surface area (Å²) in [6.45, 7) is 3.53. The summed E-state index contributed by atoms with van der Waals surface area (Å²) in [5, 5.41) is 4.10. The smallest absolute Gasteiger partial charge is 0.245 e. The molecule has 2 heterocycles. The average molecular weight is 487 g/mol. The van der Waals surface area contributed by atoms with Crippen molar-refractivity contribution in [2.45, 2.75) is 51.1 Å². The normalized spacial score (nSPS) is 18.8. The number of nitrogens with zero attached hydrogens (tertiary/aromatic N) is 2. The van der Waals surface area contributed by atoms with Crippen LogP contribution < -0.4 is 5.32 Å². The zero-order chi connectivity index (χ0) is 25.1. The van der Waals surface area contributed by atoms with Crippen molar-refractivity contribution < 1.29 is 14.4 Å². The molecule has 1 saturated heterocycles. The number of amides is 3. The van der Waals surface area contributed by atoms with Crippen molar-refractivity contribution in [2.75, 3.05) is 19.6 Å². The second kappa shape index (κ2) is 10.6. The maximum Gasteiger partial charge on any atom is 0.245 e. The fraction of sp³-hybridized carbons (Fsp3) is 0.414. The molecule has 2 fully saturated rings. The van der Waals surface area contributed by atoms with Gasteiger partial charge in [0.25, 0.3) is 0 Å². The molecule has 2 N–H and O–H groups in total. The second-order valence-corrected chi connectivity index (χ2v) is 10.1. The van der Waals surface area contributed by atoms with Crippen LogP contribution in [-0.2, 0) is 27.2 Å². The maximum absolute atomic E-state index is 13.7. The molecule has 0 bridgehead atoms. The lowest BCUT2D eigenvalue weighted by molar-refractivity contribution is -0.145. The molecule has 2 unspecified atom stereocenters. The number of benzene rings is 2. The van der Waals surface area contributed by atoms with Gasteiger partial charge >= 0.3 is 0 Å². The van der Waals surface area contributed by atoms with Crippen molar-refractivity contribution >= 4 is 28.6 Å². The number of piperazine rings is 1. The average Bonchev–Trinajstić information content (AvgIpc) is 3.68. The summed E-state index contributed by atoms with van der Waals surface area (Å²) < 4.78 is 0. The summed E-state index contributed by atoms with van der Waals surface area (Å²) in [7, 11) is 0. The molecular weight excluding hydrogens is 452 g/mol. The van der Waals surface area contributed by atoms with Crippen molar-refractivity contribution in [3.8, 4) is 0 Å². The zero-order valence-corrected chi connectivity index (χ0v) is 20.8. The third-order valence-electron chi connectivity index (χ3n) is 7.36. The molecule has 3 amide bonds. The van der Waals surface area contributed by atoms with E-state index in [0.717, 1.165) is 34.9 Å². The Morgan fingerprint density at radius 2 is 1.78 bits per heavy atom. The molecule has 2 aliphatic rings. The van der Waals surface area contributed by atoms with Gasteiger partial charge in [-0.15, -0.1) is 0 Å². The molecule has 1 aliphatic heterocycles. The van der Waals surface area contributed by atoms with Crippen molar-refractivity contribution in [2.24, 2.45) is 5.92 Å². The van der Waals surface area contributed by atoms with Crippen LogP contribution >= 0.6 is 0 Å². The number of aromatic nitrogens is 1. The molecule has 36 heavy (non-hydrogen) atoms. The molecule has 1 aliphatic carbocycles. The minimum Gasteiger partial charge on any atom is -0.361 e. The van der Waals surface area contributed by atoms with Crippen molar-refractivity contribution in [1.29, 1.82) is 0 Å². The van der Waals surface area contributed by atoms with E-state index in [2.05, 4.69) is 10.3 Å². The Morgan fingerprint density at radius 3 is 2.53 bits per heavy atom. The summed E-state index contributed by atoms with van der Waals surface area (Å²) in [6.07, 6.45) is 5.24. The van der Waals surface area contributed by atoms with E-state index >= 15 is 0 Å². The van der Waals surface area contributed by atoms with E-state index in [-0.39, 0.29) is 29.7 Å². The fourth-order valence-corrected chi connectivity index (χ4v) is 5.16. The number of para-hydroxylation sites is 1. The Morgan fingerprint density at radius 1 is 1.03 bits per heavy atom. The van der Waals surface area contributed by atoms with Crippen LogP contribution in [0.5, 0.6) is 0 Å². The Balaban J connectivity index is 1.29. The van der Waals surface area contributed by atoms with Crippen LogP contribution in [0.2, 0.25) is 0 Å². The number of aromatic amines is 1. The zero-order valence-electron chi connectivity index (χ0n) is 20.8. The summed E-state index contributed by atoms with van der Waals surface area (Å²) in [5.41, 5.74) is 3.11. The van der Waals surface area contributed by atoms with Crippen molar-refractivity contribution in [1.82, 2.24) is 20.1 Å². The van der Waals surface area contributed by atoms with Gasteiger partial charge in [0.05, 0.1) is 0 Å². The highest BCUT2D eigenvalue weighted by molar-refractivity contribution is 5.90. The first-order valence-electron chi connectivity index (χ1n) is 13.0. The first-order valence-corrected chi connectivity index (χ1v) is 13.0. The van der Waals surface area contributed by atoms with E-state index in [1.54, 1.807) is 0 Å². The van der Waals surface area contributed by atoms with Gasteiger partial charge in [-0.25, -0.2) is 0 Å². The largest absolute Gasteiger partial charge is 0.361 e. The van der Waals surface area contributed by atoms with Gasteiger partial charge in [0, 0.05) is 61.5 Å².